The molecule has 1 aliphatic carbocycles. The van der Waals surface area contributed by atoms with Crippen molar-refractivity contribution in [2.75, 3.05) is 32.8 Å². The zero-order valence-corrected chi connectivity index (χ0v) is 19.7. The Balaban J connectivity index is 1.32. The first-order valence-electron chi connectivity index (χ1n) is 11.9. The minimum Gasteiger partial charge on any atom is -0.494 e. The van der Waals surface area contributed by atoms with Crippen LogP contribution in [0.25, 0.3) is 0 Å². The van der Waals surface area contributed by atoms with Crippen molar-refractivity contribution in [2.45, 2.75) is 65.4 Å². The number of amides is 2. The lowest BCUT2D eigenvalue weighted by Crippen LogP contribution is -2.49. The summed E-state index contributed by atoms with van der Waals surface area (Å²) in [5.41, 5.74) is 1.90. The molecule has 0 radical (unpaired) electrons. The molecule has 0 atom stereocenters. The molecule has 0 bridgehead atoms. The zero-order valence-electron chi connectivity index (χ0n) is 19.7. The first kappa shape index (κ1) is 24.4. The zero-order chi connectivity index (χ0) is 23.1. The maximum Gasteiger partial charge on any atom is 0.410 e. The summed E-state index contributed by atoms with van der Waals surface area (Å²) in [5, 5.41) is 11.5. The molecule has 1 saturated heterocycles. The van der Waals surface area contributed by atoms with Gasteiger partial charge >= 0.3 is 6.09 Å². The van der Waals surface area contributed by atoms with Gasteiger partial charge in [0.25, 0.3) is 5.91 Å². The van der Waals surface area contributed by atoms with Crippen LogP contribution in [0.5, 0.6) is 5.75 Å². The van der Waals surface area contributed by atoms with Crippen molar-refractivity contribution >= 4 is 12.0 Å². The van der Waals surface area contributed by atoms with E-state index in [9.17, 15) is 9.59 Å². The Labute approximate surface area is 191 Å². The fourth-order valence-electron chi connectivity index (χ4n) is 5.02. The minimum atomic E-state index is -0.176. The number of aliphatic hydroxyl groups excluding tert-OH is 1. The first-order chi connectivity index (χ1) is 15.3. The van der Waals surface area contributed by atoms with Crippen molar-refractivity contribution in [2.24, 2.45) is 11.3 Å². The van der Waals surface area contributed by atoms with Crippen LogP contribution in [0, 0.1) is 18.3 Å². The number of carbonyl (C=O) groups excluding carboxylic acids is 2. The van der Waals surface area contributed by atoms with Crippen LogP contribution in [0.3, 0.4) is 0 Å². The summed E-state index contributed by atoms with van der Waals surface area (Å²) in [6, 6.07) is 5.50. The molecule has 2 N–H and O–H groups in total. The predicted molar refractivity (Wildman–Crippen MR) is 123 cm³/mol. The topological polar surface area (TPSA) is 88.1 Å². The highest BCUT2D eigenvalue weighted by atomic mass is 16.6. The van der Waals surface area contributed by atoms with Crippen LogP contribution < -0.4 is 10.1 Å². The third-order valence-corrected chi connectivity index (χ3v) is 6.73. The molecule has 7 nitrogen and oxygen atoms in total. The van der Waals surface area contributed by atoms with Crippen LogP contribution in [-0.2, 0) is 4.74 Å². The van der Waals surface area contributed by atoms with Crippen LogP contribution in [-0.4, -0.2) is 61.0 Å². The van der Waals surface area contributed by atoms with Crippen LogP contribution in [0.4, 0.5) is 4.79 Å². The SMILES string of the molecule is Cc1cc(OCCCC2CC3(CCN(C(=O)OC(C)C)CC3)C2)ccc1C(=O)NCCO. The number of aliphatic hydroxyl groups is 1. The normalized spacial score (nSPS) is 17.8. The molecule has 32 heavy (non-hydrogen) atoms. The van der Waals surface area contributed by atoms with Gasteiger partial charge in [-0.15, -0.1) is 0 Å². The van der Waals surface area contributed by atoms with Gasteiger partial charge in [0.1, 0.15) is 5.75 Å². The molecule has 1 saturated carbocycles. The van der Waals surface area contributed by atoms with Crippen molar-refractivity contribution in [3.63, 3.8) is 0 Å². The third-order valence-electron chi connectivity index (χ3n) is 6.73. The van der Waals surface area contributed by atoms with Crippen molar-refractivity contribution in [1.82, 2.24) is 10.2 Å². The van der Waals surface area contributed by atoms with E-state index in [0.717, 1.165) is 49.6 Å². The number of hydrogen-bond donors (Lipinski definition) is 2. The van der Waals surface area contributed by atoms with E-state index in [0.29, 0.717) is 17.6 Å². The predicted octanol–water partition coefficient (Wildman–Crippen LogP) is 3.91. The van der Waals surface area contributed by atoms with Crippen LogP contribution in [0.2, 0.25) is 0 Å². The van der Waals surface area contributed by atoms with Crippen molar-refractivity contribution in [1.29, 1.82) is 0 Å². The summed E-state index contributed by atoms with van der Waals surface area (Å²) < 4.78 is 11.2. The Kier molecular flexibility index (Phi) is 8.40. The van der Waals surface area contributed by atoms with E-state index >= 15 is 0 Å². The Morgan fingerprint density at radius 2 is 1.97 bits per heavy atom. The fraction of sp³-hybridized carbons (Fsp3) is 0.680. The van der Waals surface area contributed by atoms with E-state index < -0.39 is 0 Å². The number of nitrogens with zero attached hydrogens (tertiary/aromatic N) is 1. The molecule has 178 valence electrons. The monoisotopic (exact) mass is 446 g/mol. The van der Waals surface area contributed by atoms with Crippen LogP contribution >= 0.6 is 0 Å². The van der Waals surface area contributed by atoms with Crippen molar-refractivity contribution in [3.8, 4) is 5.75 Å². The minimum absolute atomic E-state index is 0.0630. The first-order valence-corrected chi connectivity index (χ1v) is 11.9. The van der Waals surface area contributed by atoms with E-state index in [2.05, 4.69) is 5.32 Å². The van der Waals surface area contributed by atoms with Crippen LogP contribution in [0.1, 0.15) is 68.3 Å². The highest BCUT2D eigenvalue weighted by Gasteiger charge is 2.46. The lowest BCUT2D eigenvalue weighted by Gasteiger charge is -2.52. The second-order valence-corrected chi connectivity index (χ2v) is 9.64. The number of nitrogens with one attached hydrogen (secondary N) is 1. The molecule has 0 unspecified atom stereocenters. The molecule has 2 aliphatic rings. The molecule has 1 aliphatic heterocycles. The Morgan fingerprint density at radius 3 is 2.59 bits per heavy atom. The van der Waals surface area contributed by atoms with E-state index in [1.54, 1.807) is 6.07 Å². The van der Waals surface area contributed by atoms with Gasteiger partial charge in [0.05, 0.1) is 19.3 Å². The molecule has 2 fully saturated rings. The van der Waals surface area contributed by atoms with Gasteiger partial charge in [-0.2, -0.15) is 0 Å². The molecule has 3 rings (SSSR count). The van der Waals surface area contributed by atoms with Gasteiger partial charge in [-0.25, -0.2) is 4.79 Å². The summed E-state index contributed by atoms with van der Waals surface area (Å²) >= 11 is 0. The molecule has 1 aromatic carbocycles. The summed E-state index contributed by atoms with van der Waals surface area (Å²) in [7, 11) is 0. The molecule has 1 spiro atoms. The third kappa shape index (κ3) is 6.37. The Hall–Kier alpha value is -2.28. The number of carbonyl (C=O) groups is 2. The summed E-state index contributed by atoms with van der Waals surface area (Å²) in [6.45, 7) is 8.15. The Morgan fingerprint density at radius 1 is 1.25 bits per heavy atom. The average Bonchev–Trinajstić information content (AvgIpc) is 2.73. The highest BCUT2D eigenvalue weighted by Crippen LogP contribution is 2.54. The average molecular weight is 447 g/mol. The molecule has 1 aromatic rings. The van der Waals surface area contributed by atoms with Gasteiger partial charge < -0.3 is 24.8 Å². The molecule has 1 heterocycles. The van der Waals surface area contributed by atoms with Gasteiger partial charge in [-0.1, -0.05) is 0 Å². The molecule has 7 heteroatoms. The summed E-state index contributed by atoms with van der Waals surface area (Å²) in [4.78, 5) is 26.0. The smallest absolute Gasteiger partial charge is 0.410 e. The second-order valence-electron chi connectivity index (χ2n) is 9.64. The maximum atomic E-state index is 12.1. The lowest BCUT2D eigenvalue weighted by molar-refractivity contribution is -0.0203. The molecular formula is C25H38N2O5. The standard InChI is InChI=1S/C25H38N2O5/c1-18(2)32-24(30)27-11-8-25(9-12-27)16-20(17-25)5-4-14-31-21-6-7-22(19(3)15-21)23(29)26-10-13-28/h6-7,15,18,20,28H,4-5,8-14,16-17H2,1-3H3,(H,26,29). The number of likely N-dealkylation sites (tertiary alicyclic amines) is 1. The van der Waals surface area contributed by atoms with Gasteiger partial charge in [0, 0.05) is 25.2 Å². The number of hydrogen-bond acceptors (Lipinski definition) is 5. The number of rotatable bonds is 9. The van der Waals surface area contributed by atoms with E-state index in [1.165, 1.54) is 19.3 Å². The lowest BCUT2D eigenvalue weighted by atomic mass is 9.56. The van der Waals surface area contributed by atoms with E-state index in [4.69, 9.17) is 14.6 Å². The van der Waals surface area contributed by atoms with Gasteiger partial charge in [0.2, 0.25) is 0 Å². The Bertz CT molecular complexity index is 779. The number of ether oxygens (including phenoxy) is 2. The summed E-state index contributed by atoms with van der Waals surface area (Å²) in [5.74, 6) is 1.36. The van der Waals surface area contributed by atoms with E-state index in [-0.39, 0.29) is 31.3 Å². The molecular weight excluding hydrogens is 408 g/mol. The number of benzene rings is 1. The maximum absolute atomic E-state index is 12.1. The van der Waals surface area contributed by atoms with Gasteiger partial charge in [-0.05, 0) is 94.4 Å². The van der Waals surface area contributed by atoms with Crippen LogP contribution in [0.15, 0.2) is 18.2 Å². The quantitative estimate of drug-likeness (QED) is 0.562. The van der Waals surface area contributed by atoms with Gasteiger partial charge in [-0.3, -0.25) is 4.79 Å². The highest BCUT2D eigenvalue weighted by molar-refractivity contribution is 5.95. The largest absolute Gasteiger partial charge is 0.494 e. The number of aryl methyl sites for hydroxylation is 1. The fourth-order valence-corrected chi connectivity index (χ4v) is 5.02. The summed E-state index contributed by atoms with van der Waals surface area (Å²) in [6.07, 6.45) is 6.65. The number of piperidine rings is 1. The van der Waals surface area contributed by atoms with Gasteiger partial charge in [0.15, 0.2) is 0 Å². The van der Waals surface area contributed by atoms with Crippen molar-refractivity contribution < 1.29 is 24.2 Å². The second kappa shape index (κ2) is 11.0. The molecule has 2 amide bonds. The van der Waals surface area contributed by atoms with E-state index in [1.807, 2.05) is 37.8 Å². The molecule has 0 aromatic heterocycles. The van der Waals surface area contributed by atoms with Crippen molar-refractivity contribution in [3.05, 3.63) is 29.3 Å².